The van der Waals surface area contributed by atoms with E-state index in [2.05, 4.69) is 109 Å². The third kappa shape index (κ3) is 3.60. The third-order valence-electron chi connectivity index (χ3n) is 5.02. The van der Waals surface area contributed by atoms with Crippen LogP contribution in [0, 0.1) is 0 Å². The Bertz CT molecular complexity index is 950. The molecule has 0 atom stereocenters. The molecule has 0 spiro atoms. The zero-order chi connectivity index (χ0) is 18.6. The van der Waals surface area contributed by atoms with Crippen LogP contribution in [0.4, 0.5) is 0 Å². The molecule has 0 unspecified atom stereocenters. The minimum atomic E-state index is -0.135. The lowest BCUT2D eigenvalue weighted by Crippen LogP contribution is -2.33. The van der Waals surface area contributed by atoms with Gasteiger partial charge in [-0.3, -0.25) is 4.99 Å². The minimum absolute atomic E-state index is 0.135. The van der Waals surface area contributed by atoms with Gasteiger partial charge in [0.25, 0.3) is 0 Å². The first-order valence-corrected chi connectivity index (χ1v) is 9.19. The molecule has 0 fully saturated rings. The number of fused-ring (bicyclic) bond motifs is 1. The number of rotatable bonds is 5. The summed E-state index contributed by atoms with van der Waals surface area (Å²) in [6.07, 6.45) is 6.53. The van der Waals surface area contributed by atoms with Crippen molar-refractivity contribution in [2.75, 3.05) is 7.05 Å². The first kappa shape index (κ1) is 18.1. The van der Waals surface area contributed by atoms with E-state index in [0.29, 0.717) is 0 Å². The quantitative estimate of drug-likeness (QED) is 0.447. The molecular formula is C24H27N2+. The normalized spacial score (nSPS) is 12.8. The molecule has 1 aromatic heterocycles. The lowest BCUT2D eigenvalue weighted by molar-refractivity contribution is -0.667. The van der Waals surface area contributed by atoms with Crippen molar-refractivity contribution in [1.29, 1.82) is 0 Å². The van der Waals surface area contributed by atoms with Gasteiger partial charge in [-0.1, -0.05) is 56.3 Å². The van der Waals surface area contributed by atoms with Gasteiger partial charge >= 0.3 is 0 Å². The first-order valence-electron chi connectivity index (χ1n) is 9.19. The van der Waals surface area contributed by atoms with E-state index < -0.39 is 0 Å². The van der Waals surface area contributed by atoms with Crippen molar-refractivity contribution in [2.24, 2.45) is 4.99 Å². The van der Waals surface area contributed by atoms with E-state index >= 15 is 0 Å². The van der Waals surface area contributed by atoms with Crippen molar-refractivity contribution in [3.63, 3.8) is 0 Å². The summed E-state index contributed by atoms with van der Waals surface area (Å²) < 4.78 is 2.29. The lowest BCUT2D eigenvalue weighted by Gasteiger charge is -2.25. The van der Waals surface area contributed by atoms with Crippen molar-refractivity contribution < 1.29 is 4.57 Å². The number of aliphatic imine (C=N–C) groups is 1. The maximum absolute atomic E-state index is 4.58. The third-order valence-corrected chi connectivity index (χ3v) is 5.02. The molecule has 0 radical (unpaired) electrons. The van der Waals surface area contributed by atoms with Crippen LogP contribution in [-0.2, 0) is 12.0 Å². The van der Waals surface area contributed by atoms with Crippen LogP contribution < -0.4 is 4.57 Å². The van der Waals surface area contributed by atoms with Crippen LogP contribution in [0.25, 0.3) is 17.0 Å². The molecule has 0 aliphatic carbocycles. The standard InChI is InChI=1S/C24H27N2/c1-5-26-18-19(17-20-11-9-10-14-22(20)26)15-16-23(25-4)24(2,3)21-12-7-6-8-13-21/h6-18H,5H2,1-4H3/q+1/b16-15+,25-23?. The Labute approximate surface area is 156 Å². The second-order valence-electron chi connectivity index (χ2n) is 7.05. The molecule has 1 heterocycles. The van der Waals surface area contributed by atoms with Crippen molar-refractivity contribution in [1.82, 2.24) is 0 Å². The molecule has 2 nitrogen and oxygen atoms in total. The van der Waals surface area contributed by atoms with Crippen LogP contribution >= 0.6 is 0 Å². The van der Waals surface area contributed by atoms with E-state index in [1.807, 2.05) is 7.05 Å². The highest BCUT2D eigenvalue weighted by atomic mass is 14.9. The minimum Gasteiger partial charge on any atom is -0.292 e. The second kappa shape index (κ2) is 7.65. The Hall–Kier alpha value is -2.74. The molecule has 3 aromatic rings. The van der Waals surface area contributed by atoms with Crippen molar-refractivity contribution in [3.05, 3.63) is 84.1 Å². The Morgan fingerprint density at radius 2 is 1.73 bits per heavy atom. The van der Waals surface area contributed by atoms with Gasteiger partial charge in [0.05, 0.1) is 0 Å². The number of benzene rings is 2. The summed E-state index contributed by atoms with van der Waals surface area (Å²) >= 11 is 0. The average molecular weight is 343 g/mol. The Morgan fingerprint density at radius 1 is 1.04 bits per heavy atom. The van der Waals surface area contributed by atoms with Gasteiger partial charge in [0, 0.05) is 35.2 Å². The smallest absolute Gasteiger partial charge is 0.212 e. The van der Waals surface area contributed by atoms with Gasteiger partial charge < -0.3 is 0 Å². The molecule has 0 amide bonds. The lowest BCUT2D eigenvalue weighted by atomic mass is 9.79. The molecule has 2 heteroatoms. The summed E-state index contributed by atoms with van der Waals surface area (Å²) in [5.41, 5.74) is 4.66. The molecule has 26 heavy (non-hydrogen) atoms. The Kier molecular flexibility index (Phi) is 5.32. The van der Waals surface area contributed by atoms with Crippen LogP contribution in [0.5, 0.6) is 0 Å². The van der Waals surface area contributed by atoms with Crippen molar-refractivity contribution in [2.45, 2.75) is 32.7 Å². The SMILES string of the molecule is CC[n+]1cc(/C=C/C(=NC)C(C)(C)c2ccccc2)cc2ccccc21. The van der Waals surface area contributed by atoms with Gasteiger partial charge in [-0.15, -0.1) is 0 Å². The van der Waals surface area contributed by atoms with Gasteiger partial charge in [-0.25, -0.2) is 0 Å². The van der Waals surface area contributed by atoms with E-state index in [1.54, 1.807) is 0 Å². The summed E-state index contributed by atoms with van der Waals surface area (Å²) in [7, 11) is 1.87. The van der Waals surface area contributed by atoms with E-state index in [4.69, 9.17) is 0 Å². The highest BCUT2D eigenvalue weighted by molar-refractivity contribution is 6.05. The van der Waals surface area contributed by atoms with Crippen LogP contribution in [0.3, 0.4) is 0 Å². The zero-order valence-corrected chi connectivity index (χ0v) is 16.1. The highest BCUT2D eigenvalue weighted by Gasteiger charge is 2.25. The summed E-state index contributed by atoms with van der Waals surface area (Å²) in [6.45, 7) is 7.58. The molecule has 2 aromatic carbocycles. The van der Waals surface area contributed by atoms with Crippen molar-refractivity contribution >= 4 is 22.7 Å². The number of aryl methyl sites for hydroxylation is 1. The highest BCUT2D eigenvalue weighted by Crippen LogP contribution is 2.26. The molecule has 0 aliphatic rings. The average Bonchev–Trinajstić information content (AvgIpc) is 2.68. The summed E-state index contributed by atoms with van der Waals surface area (Å²) in [5, 5.41) is 1.26. The van der Waals surface area contributed by atoms with Gasteiger partial charge in [-0.05, 0) is 36.8 Å². The van der Waals surface area contributed by atoms with Gasteiger partial charge in [-0.2, -0.15) is 4.57 Å². The molecule has 0 aliphatic heterocycles. The summed E-state index contributed by atoms with van der Waals surface area (Å²) in [5.74, 6) is 0. The number of hydrogen-bond donors (Lipinski definition) is 0. The fourth-order valence-electron chi connectivity index (χ4n) is 3.43. The number of aromatic nitrogens is 1. The van der Waals surface area contributed by atoms with Crippen LogP contribution in [-0.4, -0.2) is 12.8 Å². The summed E-state index contributed by atoms with van der Waals surface area (Å²) in [6, 6.07) is 21.3. The van der Waals surface area contributed by atoms with Gasteiger partial charge in [0.15, 0.2) is 6.20 Å². The van der Waals surface area contributed by atoms with Gasteiger partial charge in [0.2, 0.25) is 5.52 Å². The Balaban J connectivity index is 1.97. The fraction of sp³-hybridized carbons (Fsp3) is 0.250. The molecule has 0 bridgehead atoms. The van der Waals surface area contributed by atoms with E-state index in [-0.39, 0.29) is 5.41 Å². The number of hydrogen-bond acceptors (Lipinski definition) is 1. The molecule has 132 valence electrons. The molecule has 0 N–H and O–H groups in total. The monoisotopic (exact) mass is 343 g/mol. The number of allylic oxidation sites excluding steroid dienone is 1. The molecule has 3 rings (SSSR count). The molecule has 0 saturated heterocycles. The summed E-state index contributed by atoms with van der Waals surface area (Å²) in [4.78, 5) is 4.58. The number of nitrogens with zero attached hydrogens (tertiary/aromatic N) is 2. The van der Waals surface area contributed by atoms with Crippen molar-refractivity contribution in [3.8, 4) is 0 Å². The van der Waals surface area contributed by atoms with Crippen LogP contribution in [0.15, 0.2) is 77.9 Å². The maximum atomic E-state index is 4.58. The first-order chi connectivity index (χ1) is 12.6. The predicted octanol–water partition coefficient (Wildman–Crippen LogP) is 5.21. The van der Waals surface area contributed by atoms with E-state index in [1.165, 1.54) is 22.0 Å². The maximum Gasteiger partial charge on any atom is 0.212 e. The number of pyridine rings is 1. The molecule has 0 saturated carbocycles. The van der Waals surface area contributed by atoms with Gasteiger partial charge in [0.1, 0.15) is 6.54 Å². The van der Waals surface area contributed by atoms with Crippen LogP contribution in [0.1, 0.15) is 31.9 Å². The fourth-order valence-corrected chi connectivity index (χ4v) is 3.43. The second-order valence-corrected chi connectivity index (χ2v) is 7.05. The number of para-hydroxylation sites is 1. The predicted molar refractivity (Wildman–Crippen MR) is 112 cm³/mol. The van der Waals surface area contributed by atoms with E-state index in [9.17, 15) is 0 Å². The topological polar surface area (TPSA) is 16.2 Å². The zero-order valence-electron chi connectivity index (χ0n) is 16.1. The largest absolute Gasteiger partial charge is 0.292 e. The molecular weight excluding hydrogens is 316 g/mol. The van der Waals surface area contributed by atoms with Crippen LogP contribution in [0.2, 0.25) is 0 Å². The Morgan fingerprint density at radius 3 is 2.42 bits per heavy atom. The van der Waals surface area contributed by atoms with E-state index in [0.717, 1.165) is 12.3 Å².